The molecular weight excluding hydrogens is 298 g/mol. The molecule has 23 heavy (non-hydrogen) atoms. The van der Waals surface area contributed by atoms with Crippen LogP contribution in [0.25, 0.3) is 16.9 Å². The average molecular weight is 308 g/mol. The highest BCUT2D eigenvalue weighted by Crippen LogP contribution is 2.25. The molecule has 0 unspecified atom stereocenters. The first-order valence-corrected chi connectivity index (χ1v) is 6.67. The summed E-state index contributed by atoms with van der Waals surface area (Å²) in [5.41, 5.74) is 1.20. The van der Waals surface area contributed by atoms with Crippen LogP contribution in [0.4, 0.5) is 5.69 Å². The number of hydrogen-bond acceptors (Lipinski definition) is 5. The molecule has 1 aromatic heterocycles. The fourth-order valence-electron chi connectivity index (χ4n) is 2.19. The Morgan fingerprint density at radius 3 is 2.26 bits per heavy atom. The normalized spacial score (nSPS) is 10.4. The summed E-state index contributed by atoms with van der Waals surface area (Å²) in [4.78, 5) is 21.5. The van der Waals surface area contributed by atoms with Gasteiger partial charge in [-0.2, -0.15) is 5.10 Å². The number of nitro benzene ring substituents is 1. The zero-order valence-corrected chi connectivity index (χ0v) is 11.7. The molecule has 114 valence electrons. The maximum atomic E-state index is 11.3. The Bertz CT molecular complexity index is 870. The van der Waals surface area contributed by atoms with Crippen LogP contribution in [0.2, 0.25) is 0 Å². The van der Waals surface area contributed by atoms with Crippen molar-refractivity contribution in [2.75, 3.05) is 0 Å². The van der Waals surface area contributed by atoms with Crippen LogP contribution in [0.3, 0.4) is 0 Å². The van der Waals surface area contributed by atoms with Crippen molar-refractivity contribution in [3.05, 3.63) is 76.5 Å². The summed E-state index contributed by atoms with van der Waals surface area (Å²) in [6.45, 7) is 0. The van der Waals surface area contributed by atoms with Gasteiger partial charge in [-0.25, -0.2) is 4.68 Å². The number of rotatable bonds is 4. The smallest absolute Gasteiger partial charge is 0.269 e. The molecule has 0 aliphatic heterocycles. The summed E-state index contributed by atoms with van der Waals surface area (Å²) in [7, 11) is 0. The van der Waals surface area contributed by atoms with Crippen LogP contribution in [0.5, 0.6) is 0 Å². The molecule has 2 aromatic carbocycles. The van der Waals surface area contributed by atoms with Crippen LogP contribution in [-0.4, -0.2) is 20.7 Å². The van der Waals surface area contributed by atoms with E-state index in [1.165, 1.54) is 35.1 Å². The largest absolute Gasteiger partial charge is 0.545 e. The molecule has 7 nitrogen and oxygen atoms in total. The highest BCUT2D eigenvalue weighted by Gasteiger charge is 2.14. The van der Waals surface area contributed by atoms with E-state index in [4.69, 9.17) is 0 Å². The Morgan fingerprint density at radius 1 is 1.04 bits per heavy atom. The van der Waals surface area contributed by atoms with Gasteiger partial charge in [0.25, 0.3) is 5.69 Å². The molecule has 0 aliphatic carbocycles. The van der Waals surface area contributed by atoms with Crippen LogP contribution in [-0.2, 0) is 0 Å². The van der Waals surface area contributed by atoms with E-state index in [1.807, 2.05) is 6.07 Å². The number of carboxylic acids is 1. The average Bonchev–Trinajstić information content (AvgIpc) is 3.01. The molecular formula is C16H10N3O4-. The van der Waals surface area contributed by atoms with Crippen molar-refractivity contribution in [3.63, 3.8) is 0 Å². The predicted octanol–water partition coefficient (Wildman–Crippen LogP) is 1.81. The maximum Gasteiger partial charge on any atom is 0.269 e. The van der Waals surface area contributed by atoms with Gasteiger partial charge in [-0.15, -0.1) is 0 Å². The van der Waals surface area contributed by atoms with Gasteiger partial charge in [-0.1, -0.05) is 18.2 Å². The standard InChI is InChI=1S/C16H11N3O4/c20-16(21)14-10-18(12-4-2-1-3-5-12)17-15(14)11-6-8-13(9-7-11)19(22)23/h1-10H,(H,20,21)/p-1. The fraction of sp³-hybridized carbons (Fsp3) is 0. The molecule has 3 aromatic rings. The van der Waals surface area contributed by atoms with Gasteiger partial charge in [0.1, 0.15) is 5.69 Å². The first-order chi connectivity index (χ1) is 11.1. The number of nitrogens with zero attached hydrogens (tertiary/aromatic N) is 3. The zero-order valence-electron chi connectivity index (χ0n) is 11.7. The highest BCUT2D eigenvalue weighted by atomic mass is 16.6. The fourth-order valence-corrected chi connectivity index (χ4v) is 2.19. The second-order valence-corrected chi connectivity index (χ2v) is 4.76. The topological polar surface area (TPSA) is 101 Å². The quantitative estimate of drug-likeness (QED) is 0.540. The van der Waals surface area contributed by atoms with Crippen molar-refractivity contribution >= 4 is 11.7 Å². The summed E-state index contributed by atoms with van der Waals surface area (Å²) in [5.74, 6) is -1.36. The van der Waals surface area contributed by atoms with Gasteiger partial charge < -0.3 is 9.90 Å². The summed E-state index contributed by atoms with van der Waals surface area (Å²) < 4.78 is 1.43. The van der Waals surface area contributed by atoms with Crippen molar-refractivity contribution in [2.45, 2.75) is 0 Å². The van der Waals surface area contributed by atoms with Gasteiger partial charge in [0.15, 0.2) is 0 Å². The number of carbonyl (C=O) groups excluding carboxylic acids is 1. The van der Waals surface area contributed by atoms with E-state index in [2.05, 4.69) is 5.10 Å². The Labute approximate surface area is 130 Å². The molecule has 0 bridgehead atoms. The third-order valence-corrected chi connectivity index (χ3v) is 3.31. The minimum absolute atomic E-state index is 0.0776. The van der Waals surface area contributed by atoms with Gasteiger partial charge in [0.05, 0.1) is 16.6 Å². The van der Waals surface area contributed by atoms with Crippen molar-refractivity contribution in [2.24, 2.45) is 0 Å². The summed E-state index contributed by atoms with van der Waals surface area (Å²) >= 11 is 0. The number of aromatic carboxylic acids is 1. The summed E-state index contributed by atoms with van der Waals surface area (Å²) in [5, 5.41) is 26.3. The number of benzene rings is 2. The van der Waals surface area contributed by atoms with Crippen LogP contribution in [0.1, 0.15) is 10.4 Å². The third kappa shape index (κ3) is 2.80. The number of carbonyl (C=O) groups is 1. The molecule has 7 heteroatoms. The second-order valence-electron chi connectivity index (χ2n) is 4.76. The molecule has 1 heterocycles. The van der Waals surface area contributed by atoms with E-state index in [1.54, 1.807) is 24.3 Å². The predicted molar refractivity (Wildman–Crippen MR) is 80.0 cm³/mol. The monoisotopic (exact) mass is 308 g/mol. The zero-order chi connectivity index (χ0) is 16.4. The third-order valence-electron chi connectivity index (χ3n) is 3.31. The minimum atomic E-state index is -1.36. The van der Waals surface area contributed by atoms with E-state index >= 15 is 0 Å². The maximum absolute atomic E-state index is 11.3. The highest BCUT2D eigenvalue weighted by molar-refractivity contribution is 5.93. The lowest BCUT2D eigenvalue weighted by atomic mass is 10.1. The number of carboxylic acid groups (broad SMARTS) is 1. The first kappa shape index (κ1) is 14.5. The first-order valence-electron chi connectivity index (χ1n) is 6.67. The van der Waals surface area contributed by atoms with Crippen molar-refractivity contribution < 1.29 is 14.8 Å². The summed E-state index contributed by atoms with van der Waals surface area (Å²) in [6, 6.07) is 14.5. The van der Waals surface area contributed by atoms with Crippen molar-refractivity contribution in [1.82, 2.24) is 9.78 Å². The Morgan fingerprint density at radius 2 is 1.70 bits per heavy atom. The Hall–Kier alpha value is -3.48. The van der Waals surface area contributed by atoms with Crippen LogP contribution in [0.15, 0.2) is 60.8 Å². The number of non-ortho nitro benzene ring substituents is 1. The molecule has 0 saturated heterocycles. The Balaban J connectivity index is 2.09. The molecule has 0 fully saturated rings. The van der Waals surface area contributed by atoms with Crippen molar-refractivity contribution in [1.29, 1.82) is 0 Å². The van der Waals surface area contributed by atoms with E-state index in [9.17, 15) is 20.0 Å². The molecule has 0 radical (unpaired) electrons. The molecule has 3 rings (SSSR count). The Kier molecular flexibility index (Phi) is 3.60. The van der Waals surface area contributed by atoms with Gasteiger partial charge >= 0.3 is 0 Å². The molecule has 0 aliphatic rings. The number of para-hydroxylation sites is 1. The molecule has 0 atom stereocenters. The lowest BCUT2D eigenvalue weighted by Gasteiger charge is -2.02. The number of nitro groups is 1. The minimum Gasteiger partial charge on any atom is -0.545 e. The van der Waals surface area contributed by atoms with Gasteiger partial charge in [0, 0.05) is 29.5 Å². The summed E-state index contributed by atoms with van der Waals surface area (Å²) in [6.07, 6.45) is 1.36. The van der Waals surface area contributed by atoms with E-state index in [0.717, 1.165) is 0 Å². The van der Waals surface area contributed by atoms with Crippen LogP contribution >= 0.6 is 0 Å². The molecule has 0 saturated carbocycles. The van der Waals surface area contributed by atoms with Crippen LogP contribution < -0.4 is 5.11 Å². The second kappa shape index (κ2) is 5.72. The van der Waals surface area contributed by atoms with Gasteiger partial charge in [0.2, 0.25) is 0 Å². The lowest BCUT2D eigenvalue weighted by molar-refractivity contribution is -0.384. The number of hydrogen-bond donors (Lipinski definition) is 0. The molecule has 0 amide bonds. The van der Waals surface area contributed by atoms with E-state index < -0.39 is 10.9 Å². The van der Waals surface area contributed by atoms with Crippen molar-refractivity contribution in [3.8, 4) is 16.9 Å². The van der Waals surface area contributed by atoms with Gasteiger partial charge in [-0.05, 0) is 24.3 Å². The SMILES string of the molecule is O=C([O-])c1cn(-c2ccccc2)nc1-c1ccc([N+](=O)[O-])cc1. The van der Waals surface area contributed by atoms with E-state index in [-0.39, 0.29) is 16.9 Å². The van der Waals surface area contributed by atoms with Gasteiger partial charge in [-0.3, -0.25) is 10.1 Å². The lowest BCUT2D eigenvalue weighted by Crippen LogP contribution is -2.22. The molecule has 0 N–H and O–H groups in total. The molecule has 0 spiro atoms. The van der Waals surface area contributed by atoms with E-state index in [0.29, 0.717) is 11.3 Å². The van der Waals surface area contributed by atoms with Crippen LogP contribution in [0, 0.1) is 10.1 Å². The number of aromatic nitrogens is 2.